The molecule has 0 atom stereocenters. The number of aromatic nitrogens is 15. The predicted octanol–water partition coefficient (Wildman–Crippen LogP) is 9.57. The average Bonchev–Trinajstić information content (AvgIpc) is 4.31. The van der Waals surface area contributed by atoms with Gasteiger partial charge in [-0.3, -0.25) is 10.1 Å². The van der Waals surface area contributed by atoms with Gasteiger partial charge in [-0.05, 0) is 110 Å². The number of benzene rings is 7. The molecule has 5 N–H and O–H groups in total. The molecule has 0 spiro atoms. The number of alkyl halides is 9. The van der Waals surface area contributed by atoms with E-state index in [0.717, 1.165) is 64.9 Å². The molecule has 0 radical (unpaired) electrons. The van der Waals surface area contributed by atoms with Crippen molar-refractivity contribution in [3.63, 3.8) is 0 Å². The maximum absolute atomic E-state index is 12.4. The molecule has 23 nitrogen and oxygen atoms in total. The van der Waals surface area contributed by atoms with Crippen LogP contribution in [0.3, 0.4) is 0 Å². The van der Waals surface area contributed by atoms with Crippen molar-refractivity contribution in [2.75, 3.05) is 0 Å². The monoisotopic (exact) mass is 1090 g/mol. The number of nitro groups is 1. The van der Waals surface area contributed by atoms with Crippen molar-refractivity contribution < 1.29 is 70.5 Å². The molecule has 0 fully saturated rings. The van der Waals surface area contributed by atoms with Crippen molar-refractivity contribution >= 4 is 60.9 Å². The third kappa shape index (κ3) is 12.1. The first-order chi connectivity index (χ1) is 37.0. The number of halogens is 9. The zero-order chi connectivity index (χ0) is 56.1. The van der Waals surface area contributed by atoms with E-state index >= 15 is 0 Å². The van der Waals surface area contributed by atoms with Gasteiger partial charge in [-0.25, -0.2) is 0 Å². The van der Waals surface area contributed by atoms with Gasteiger partial charge in [-0.15, -0.1) is 25.5 Å². The van der Waals surface area contributed by atoms with Crippen molar-refractivity contribution in [3.05, 3.63) is 184 Å². The predicted molar refractivity (Wildman–Crippen MR) is 250 cm³/mol. The minimum Gasteiger partial charge on any atom is -0.410 e. The Hall–Kier alpha value is -10.7. The lowest BCUT2D eigenvalue weighted by Crippen LogP contribution is -2.05. The highest BCUT2D eigenvalue weighted by Crippen LogP contribution is 2.35. The topological polar surface area (TPSA) is 298 Å². The molecule has 0 unspecified atom stereocenters. The number of non-ortho nitro benzene ring substituents is 1. The molecule has 5 heterocycles. The molecule has 0 bridgehead atoms. The van der Waals surface area contributed by atoms with Gasteiger partial charge in [0.2, 0.25) is 0 Å². The summed E-state index contributed by atoms with van der Waals surface area (Å²) in [7, 11) is 0. The molecule has 0 aliphatic rings. The lowest BCUT2D eigenvalue weighted by Gasteiger charge is -2.05. The molecule has 0 aliphatic carbocycles. The van der Waals surface area contributed by atoms with Gasteiger partial charge in [-0.2, -0.15) is 39.5 Å². The Morgan fingerprint density at radius 3 is 1.53 bits per heavy atom. The maximum Gasteiger partial charge on any atom is 0.418 e. The van der Waals surface area contributed by atoms with Crippen molar-refractivity contribution in [1.29, 1.82) is 0 Å². The highest BCUT2D eigenvalue weighted by atomic mass is 19.4. The van der Waals surface area contributed by atoms with Crippen LogP contribution in [-0.4, -0.2) is 107 Å². The van der Waals surface area contributed by atoms with Crippen molar-refractivity contribution in [1.82, 2.24) is 75.8 Å². The second-order valence-corrected chi connectivity index (χ2v) is 15.9. The van der Waals surface area contributed by atoms with E-state index in [-0.39, 0.29) is 44.3 Å². The third-order valence-corrected chi connectivity index (χ3v) is 10.8. The van der Waals surface area contributed by atoms with E-state index in [2.05, 4.69) is 63.7 Å². The fourth-order valence-electron chi connectivity index (χ4n) is 7.17. The normalized spacial score (nSPS) is 11.6. The largest absolute Gasteiger partial charge is 0.418 e. The van der Waals surface area contributed by atoms with Crippen LogP contribution in [0.25, 0.3) is 66.3 Å². The summed E-state index contributed by atoms with van der Waals surface area (Å²) in [6, 6.07) is 36.8. The first kappa shape index (κ1) is 53.6. The smallest absolute Gasteiger partial charge is 0.410 e. The first-order valence-electron chi connectivity index (χ1n) is 21.7. The standard InChI is InChI=1S/C13H11N3O.C12H8N4O3.3C7H4F3N3O/c17-16-13-7-6-11(9-12(13)14-15-16)8-10-4-2-1-3-5-10;17-15-11-7-9(16(18)19)6-10(12(11)13-14-15)8-4-2-1-3-5-8;8-7(9,10)4-1-2-6-5(3-4)11-12-13(6)14;8-7(9,10)4-1-2-5-6(3-4)13(14)12-11-5;8-7(9,10)4-2-1-3-5-6(4)11-12-13(5)14/h1-7,9,17H,8H2;1-7,17H;3*1-3,14H. The summed E-state index contributed by atoms with van der Waals surface area (Å²) in [5.41, 5.74) is 2.86. The molecule has 0 amide bonds. The van der Waals surface area contributed by atoms with Gasteiger partial charge < -0.3 is 26.0 Å². The summed E-state index contributed by atoms with van der Waals surface area (Å²) >= 11 is 0. The van der Waals surface area contributed by atoms with Crippen LogP contribution in [0.5, 0.6) is 0 Å². The Balaban J connectivity index is 0.000000129. The quantitative estimate of drug-likeness (QED) is 0.0474. The number of fused-ring (bicyclic) bond motifs is 5. The molecule has 0 saturated heterocycles. The van der Waals surface area contributed by atoms with Gasteiger partial charge in [0.25, 0.3) is 5.69 Å². The Labute approximate surface area is 426 Å². The number of nitro benzene ring substituents is 1. The van der Waals surface area contributed by atoms with E-state index < -0.39 is 40.1 Å². The van der Waals surface area contributed by atoms with Gasteiger partial charge >= 0.3 is 18.5 Å². The first-order valence-corrected chi connectivity index (χ1v) is 21.7. The lowest BCUT2D eigenvalue weighted by atomic mass is 10.0. The van der Waals surface area contributed by atoms with Crippen LogP contribution in [-0.2, 0) is 24.9 Å². The Kier molecular flexibility index (Phi) is 14.9. The summed E-state index contributed by atoms with van der Waals surface area (Å²) in [5, 5.41) is 90.9. The van der Waals surface area contributed by atoms with E-state index in [1.807, 2.05) is 66.7 Å². The summed E-state index contributed by atoms with van der Waals surface area (Å²) in [6.45, 7) is 0. The number of hydrogen-bond donors (Lipinski definition) is 5. The Morgan fingerprint density at radius 1 is 0.423 bits per heavy atom. The van der Waals surface area contributed by atoms with Crippen molar-refractivity contribution in [2.24, 2.45) is 0 Å². The molecular formula is C46H31F9N16O7. The summed E-state index contributed by atoms with van der Waals surface area (Å²) < 4.78 is 110. The maximum atomic E-state index is 12.4. The van der Waals surface area contributed by atoms with Crippen LogP contribution in [0.1, 0.15) is 27.8 Å². The Bertz CT molecular complexity index is 4050. The SMILES string of the molecule is O=[N+]([O-])c1cc(-c2ccccc2)c2nnn(O)c2c1.On1nnc2c(C(F)(F)F)cccc21.On1nnc2cc(C(F)(F)F)ccc21.On1nnc2cc(Cc3ccccc3)ccc21.On1nnc2ccc(C(F)(F)F)cc21. The molecule has 0 saturated carbocycles. The fraction of sp³-hybridized carbons (Fsp3) is 0.0870. The fourth-order valence-corrected chi connectivity index (χ4v) is 7.17. The molecular weight excluding hydrogens is 1060 g/mol. The lowest BCUT2D eigenvalue weighted by molar-refractivity contribution is -0.384. The van der Waals surface area contributed by atoms with E-state index in [1.165, 1.54) is 29.8 Å². The second-order valence-electron chi connectivity index (χ2n) is 15.9. The molecule has 400 valence electrons. The summed E-state index contributed by atoms with van der Waals surface area (Å²) in [4.78, 5) is 12.8. The number of nitrogens with zero attached hydrogens (tertiary/aromatic N) is 16. The molecule has 5 aromatic heterocycles. The molecule has 12 rings (SSSR count). The van der Waals surface area contributed by atoms with Crippen LogP contribution in [0, 0.1) is 10.1 Å². The molecule has 7 aromatic carbocycles. The highest BCUT2D eigenvalue weighted by Gasteiger charge is 2.35. The van der Waals surface area contributed by atoms with E-state index in [1.54, 1.807) is 0 Å². The summed E-state index contributed by atoms with van der Waals surface area (Å²) in [6.07, 6.45) is -12.5. The van der Waals surface area contributed by atoms with Crippen LogP contribution in [0.2, 0.25) is 0 Å². The molecule has 78 heavy (non-hydrogen) atoms. The van der Waals surface area contributed by atoms with Crippen molar-refractivity contribution in [3.8, 4) is 11.1 Å². The van der Waals surface area contributed by atoms with E-state index in [0.29, 0.717) is 41.5 Å². The van der Waals surface area contributed by atoms with Gasteiger partial charge in [0.1, 0.15) is 55.2 Å². The van der Waals surface area contributed by atoms with E-state index in [4.69, 9.17) is 15.6 Å². The van der Waals surface area contributed by atoms with Crippen LogP contribution < -0.4 is 0 Å². The second kappa shape index (κ2) is 21.6. The van der Waals surface area contributed by atoms with Gasteiger partial charge in [0.05, 0.1) is 21.6 Å². The van der Waals surface area contributed by atoms with Crippen LogP contribution in [0.4, 0.5) is 45.2 Å². The minimum absolute atomic E-state index is 0.00215. The zero-order valence-corrected chi connectivity index (χ0v) is 38.7. The Morgan fingerprint density at radius 2 is 0.923 bits per heavy atom. The third-order valence-electron chi connectivity index (χ3n) is 10.8. The zero-order valence-electron chi connectivity index (χ0n) is 38.7. The number of rotatable bonds is 4. The highest BCUT2D eigenvalue weighted by molar-refractivity contribution is 5.93. The molecule has 12 aromatic rings. The summed E-state index contributed by atoms with van der Waals surface area (Å²) in [5.74, 6) is 0. The van der Waals surface area contributed by atoms with Gasteiger partial charge in [0, 0.05) is 17.7 Å². The number of hydrogen-bond acceptors (Lipinski definition) is 17. The van der Waals surface area contributed by atoms with Gasteiger partial charge in [-0.1, -0.05) is 97.0 Å². The molecule has 0 aliphatic heterocycles. The van der Waals surface area contributed by atoms with Crippen LogP contribution >= 0.6 is 0 Å². The molecule has 32 heteroatoms. The van der Waals surface area contributed by atoms with Gasteiger partial charge in [0.15, 0.2) is 0 Å². The minimum atomic E-state index is -4.49. The van der Waals surface area contributed by atoms with E-state index in [9.17, 15) is 60.0 Å². The van der Waals surface area contributed by atoms with Crippen LogP contribution in [0.15, 0.2) is 146 Å². The average molecular weight is 1090 g/mol. The van der Waals surface area contributed by atoms with Crippen molar-refractivity contribution in [2.45, 2.75) is 24.9 Å².